The van der Waals surface area contributed by atoms with Gasteiger partial charge in [0.2, 0.25) is 11.2 Å². The molecule has 6 heteroatoms. The number of anilines is 2. The second-order valence-corrected chi connectivity index (χ2v) is 7.20. The lowest BCUT2D eigenvalue weighted by Gasteiger charge is -2.36. The second-order valence-electron chi connectivity index (χ2n) is 6.86. The van der Waals surface area contributed by atoms with Crippen molar-refractivity contribution in [3.8, 4) is 11.5 Å². The first-order valence-electron chi connectivity index (χ1n) is 8.88. The first-order valence-corrected chi connectivity index (χ1v) is 9.26. The Balaban J connectivity index is 1.49. The Morgan fingerprint density at radius 3 is 2.37 bits per heavy atom. The molecule has 27 heavy (non-hydrogen) atoms. The predicted octanol–water partition coefficient (Wildman–Crippen LogP) is 5.02. The van der Waals surface area contributed by atoms with E-state index < -0.39 is 5.41 Å². The van der Waals surface area contributed by atoms with Crippen LogP contribution in [0.15, 0.2) is 60.8 Å². The highest BCUT2D eigenvalue weighted by atomic mass is 35.5. The van der Waals surface area contributed by atoms with Gasteiger partial charge in [-0.2, -0.15) is 4.98 Å². The number of aromatic nitrogens is 2. The molecule has 1 saturated carbocycles. The number of carbonyl (C=O) groups is 1. The van der Waals surface area contributed by atoms with E-state index in [1.807, 2.05) is 54.6 Å². The summed E-state index contributed by atoms with van der Waals surface area (Å²) in [5.41, 5.74) is 1.15. The fraction of sp³-hybridized carbons (Fsp3) is 0.190. The topological polar surface area (TPSA) is 55.3 Å². The average molecular weight is 378 g/mol. The highest BCUT2D eigenvalue weighted by molar-refractivity contribution is 6.28. The van der Waals surface area contributed by atoms with Gasteiger partial charge in [-0.3, -0.25) is 9.69 Å². The molecule has 134 valence electrons. The maximum atomic E-state index is 13.2. The molecule has 0 unspecified atom stereocenters. The summed E-state index contributed by atoms with van der Waals surface area (Å²) >= 11 is 6.01. The van der Waals surface area contributed by atoms with Crippen LogP contribution in [0.2, 0.25) is 5.28 Å². The quantitative estimate of drug-likeness (QED) is 0.601. The van der Waals surface area contributed by atoms with Gasteiger partial charge in [-0.25, -0.2) is 4.98 Å². The summed E-state index contributed by atoms with van der Waals surface area (Å²) in [7, 11) is 0. The standard InChI is InChI=1S/C21H16ClN3O2/c22-20-23-13-17-18(24-20)25(19(26)21(17)11-4-12-21)14-7-9-16(10-8-14)27-15-5-2-1-3-6-15/h1-3,5-10,13H,4,11-12H2. The molecule has 0 saturated heterocycles. The Morgan fingerprint density at radius 1 is 1.00 bits per heavy atom. The largest absolute Gasteiger partial charge is 0.457 e. The van der Waals surface area contributed by atoms with Crippen LogP contribution in [-0.4, -0.2) is 15.9 Å². The van der Waals surface area contributed by atoms with E-state index in [4.69, 9.17) is 16.3 Å². The number of benzene rings is 2. The number of halogens is 1. The van der Waals surface area contributed by atoms with Crippen molar-refractivity contribution in [1.82, 2.24) is 9.97 Å². The molecule has 2 heterocycles. The van der Waals surface area contributed by atoms with Gasteiger partial charge in [0, 0.05) is 11.8 Å². The lowest BCUT2D eigenvalue weighted by Crippen LogP contribution is -2.43. The summed E-state index contributed by atoms with van der Waals surface area (Å²) in [4.78, 5) is 23.4. The third-order valence-corrected chi connectivity index (χ3v) is 5.54. The van der Waals surface area contributed by atoms with Crippen LogP contribution in [0.5, 0.6) is 11.5 Å². The van der Waals surface area contributed by atoms with Crippen molar-refractivity contribution >= 4 is 29.0 Å². The summed E-state index contributed by atoms with van der Waals surface area (Å²) < 4.78 is 5.83. The van der Waals surface area contributed by atoms with Gasteiger partial charge in [0.05, 0.1) is 11.1 Å². The number of amides is 1. The van der Waals surface area contributed by atoms with Crippen molar-refractivity contribution in [2.24, 2.45) is 0 Å². The normalized spacial score (nSPS) is 16.9. The third-order valence-electron chi connectivity index (χ3n) is 5.36. The molecule has 0 atom stereocenters. The molecular weight excluding hydrogens is 362 g/mol. The van der Waals surface area contributed by atoms with E-state index in [2.05, 4.69) is 9.97 Å². The van der Waals surface area contributed by atoms with Gasteiger partial charge in [0.15, 0.2) is 0 Å². The highest BCUT2D eigenvalue weighted by Crippen LogP contribution is 2.54. The molecule has 2 aliphatic rings. The predicted molar refractivity (Wildman–Crippen MR) is 103 cm³/mol. The van der Waals surface area contributed by atoms with E-state index in [9.17, 15) is 4.79 Å². The van der Waals surface area contributed by atoms with Gasteiger partial charge in [0.25, 0.3) is 0 Å². The maximum absolute atomic E-state index is 13.2. The van der Waals surface area contributed by atoms with Gasteiger partial charge in [-0.05, 0) is 60.8 Å². The summed E-state index contributed by atoms with van der Waals surface area (Å²) in [6.07, 6.45) is 4.39. The number of hydrogen-bond acceptors (Lipinski definition) is 4. The number of fused-ring (bicyclic) bond motifs is 2. The zero-order chi connectivity index (χ0) is 18.4. The van der Waals surface area contributed by atoms with Crippen LogP contribution in [0.3, 0.4) is 0 Å². The minimum atomic E-state index is -0.487. The average Bonchev–Trinajstić information content (AvgIpc) is 2.91. The Morgan fingerprint density at radius 2 is 1.70 bits per heavy atom. The maximum Gasteiger partial charge on any atom is 0.243 e. The molecule has 0 bridgehead atoms. The van der Waals surface area contributed by atoms with E-state index in [0.717, 1.165) is 36.3 Å². The van der Waals surface area contributed by atoms with Crippen LogP contribution in [0.1, 0.15) is 24.8 Å². The number of ether oxygens (including phenoxy) is 1. The lowest BCUT2D eigenvalue weighted by atomic mass is 9.66. The van der Waals surface area contributed by atoms with Crippen LogP contribution < -0.4 is 9.64 Å². The summed E-state index contributed by atoms with van der Waals surface area (Å²) in [5.74, 6) is 2.12. The zero-order valence-corrected chi connectivity index (χ0v) is 15.2. The second kappa shape index (κ2) is 6.06. The van der Waals surface area contributed by atoms with Gasteiger partial charge in [-0.1, -0.05) is 24.6 Å². The number of rotatable bonds is 3. The molecule has 5 nitrogen and oxygen atoms in total. The van der Waals surface area contributed by atoms with Crippen molar-refractivity contribution in [3.63, 3.8) is 0 Å². The van der Waals surface area contributed by atoms with Crippen LogP contribution in [0.4, 0.5) is 11.5 Å². The molecule has 3 aromatic rings. The van der Waals surface area contributed by atoms with Gasteiger partial charge < -0.3 is 4.74 Å². The molecular formula is C21H16ClN3O2. The number of para-hydroxylation sites is 1. The summed E-state index contributed by atoms with van der Waals surface area (Å²) in [5, 5.41) is 0.145. The number of carbonyl (C=O) groups excluding carboxylic acids is 1. The fourth-order valence-electron chi connectivity index (χ4n) is 3.83. The van der Waals surface area contributed by atoms with Crippen LogP contribution in [-0.2, 0) is 10.2 Å². The molecule has 1 spiro atoms. The SMILES string of the molecule is O=C1N(c2ccc(Oc3ccccc3)cc2)c2nc(Cl)ncc2C12CCC2. The highest BCUT2D eigenvalue weighted by Gasteiger charge is 2.56. The monoisotopic (exact) mass is 377 g/mol. The smallest absolute Gasteiger partial charge is 0.243 e. The third kappa shape index (κ3) is 2.50. The molecule has 0 N–H and O–H groups in total. The molecule has 5 rings (SSSR count). The Kier molecular flexibility index (Phi) is 3.65. The van der Waals surface area contributed by atoms with E-state index in [0.29, 0.717) is 11.6 Å². The lowest BCUT2D eigenvalue weighted by molar-refractivity contribution is -0.125. The molecule has 1 aromatic heterocycles. The van der Waals surface area contributed by atoms with Crippen molar-refractivity contribution in [1.29, 1.82) is 0 Å². The molecule has 1 fully saturated rings. The van der Waals surface area contributed by atoms with E-state index in [1.165, 1.54) is 0 Å². The van der Waals surface area contributed by atoms with Crippen molar-refractivity contribution in [2.75, 3.05) is 4.90 Å². The number of nitrogens with zero attached hydrogens (tertiary/aromatic N) is 3. The minimum Gasteiger partial charge on any atom is -0.457 e. The summed E-state index contributed by atoms with van der Waals surface area (Å²) in [6, 6.07) is 17.0. The number of hydrogen-bond donors (Lipinski definition) is 0. The van der Waals surface area contributed by atoms with E-state index in [1.54, 1.807) is 11.1 Å². The van der Waals surface area contributed by atoms with Gasteiger partial charge in [-0.15, -0.1) is 0 Å². The zero-order valence-electron chi connectivity index (χ0n) is 14.4. The Hall–Kier alpha value is -2.92. The van der Waals surface area contributed by atoms with Gasteiger partial charge >= 0.3 is 0 Å². The van der Waals surface area contributed by atoms with Crippen molar-refractivity contribution in [2.45, 2.75) is 24.7 Å². The molecule has 0 radical (unpaired) electrons. The first kappa shape index (κ1) is 16.3. The summed E-state index contributed by atoms with van der Waals surface area (Å²) in [6.45, 7) is 0. The molecule has 2 aromatic carbocycles. The van der Waals surface area contributed by atoms with E-state index in [-0.39, 0.29) is 11.2 Å². The van der Waals surface area contributed by atoms with E-state index >= 15 is 0 Å². The molecule has 1 amide bonds. The Labute approximate surface area is 161 Å². The van der Waals surface area contributed by atoms with Crippen LogP contribution >= 0.6 is 11.6 Å². The molecule has 1 aliphatic carbocycles. The first-order chi connectivity index (χ1) is 13.2. The van der Waals surface area contributed by atoms with Crippen molar-refractivity contribution in [3.05, 3.63) is 71.6 Å². The van der Waals surface area contributed by atoms with Crippen LogP contribution in [0, 0.1) is 0 Å². The fourth-order valence-corrected chi connectivity index (χ4v) is 3.96. The Bertz CT molecular complexity index is 1020. The molecule has 1 aliphatic heterocycles. The minimum absolute atomic E-state index is 0.0528. The van der Waals surface area contributed by atoms with Crippen molar-refractivity contribution < 1.29 is 9.53 Å². The van der Waals surface area contributed by atoms with Gasteiger partial charge in [0.1, 0.15) is 17.3 Å². The van der Waals surface area contributed by atoms with Crippen LogP contribution in [0.25, 0.3) is 0 Å².